The van der Waals surface area contributed by atoms with Crippen LogP contribution in [0.15, 0.2) is 40.5 Å². The molecule has 4 heterocycles. The van der Waals surface area contributed by atoms with Gasteiger partial charge >= 0.3 is 0 Å². The van der Waals surface area contributed by atoms with Crippen LogP contribution >= 0.6 is 11.3 Å². The van der Waals surface area contributed by atoms with Gasteiger partial charge in [0.25, 0.3) is 5.91 Å². The SMILES string of the molecule is O=C(NC1CCN(c2nccs2)C1)c1cc(-c2ccco2)[nH]n1. The van der Waals surface area contributed by atoms with Gasteiger partial charge in [-0.3, -0.25) is 9.89 Å². The number of amides is 1. The molecule has 0 aliphatic carbocycles. The number of carbonyl (C=O) groups excluding carboxylic acids is 1. The first-order chi connectivity index (χ1) is 11.3. The van der Waals surface area contributed by atoms with E-state index in [1.165, 1.54) is 0 Å². The standard InChI is InChI=1S/C15H15N5O2S/c21-14(12-8-11(18-19-12)13-2-1-6-22-13)17-10-3-5-20(9-10)15-16-4-7-23-15/h1-2,4,6-8,10H,3,5,9H2,(H,17,21)(H,18,19). The van der Waals surface area contributed by atoms with Crippen molar-refractivity contribution < 1.29 is 9.21 Å². The van der Waals surface area contributed by atoms with Crippen molar-refractivity contribution in [2.24, 2.45) is 0 Å². The van der Waals surface area contributed by atoms with Gasteiger partial charge in [0.15, 0.2) is 16.6 Å². The van der Waals surface area contributed by atoms with E-state index in [2.05, 4.69) is 25.4 Å². The summed E-state index contributed by atoms with van der Waals surface area (Å²) in [4.78, 5) is 18.8. The quantitative estimate of drug-likeness (QED) is 0.766. The molecule has 1 fully saturated rings. The van der Waals surface area contributed by atoms with Gasteiger partial charge < -0.3 is 14.6 Å². The number of anilines is 1. The van der Waals surface area contributed by atoms with Crippen LogP contribution in [0.2, 0.25) is 0 Å². The number of thiazole rings is 1. The van der Waals surface area contributed by atoms with E-state index in [1.807, 2.05) is 11.4 Å². The van der Waals surface area contributed by atoms with Crippen LogP contribution in [0, 0.1) is 0 Å². The van der Waals surface area contributed by atoms with E-state index in [4.69, 9.17) is 4.42 Å². The van der Waals surface area contributed by atoms with Gasteiger partial charge in [-0.2, -0.15) is 5.10 Å². The number of aromatic nitrogens is 3. The molecule has 4 rings (SSSR count). The number of nitrogens with zero attached hydrogens (tertiary/aromatic N) is 3. The Balaban J connectivity index is 1.39. The summed E-state index contributed by atoms with van der Waals surface area (Å²) in [7, 11) is 0. The molecule has 0 saturated carbocycles. The van der Waals surface area contributed by atoms with Crippen molar-refractivity contribution >= 4 is 22.4 Å². The number of hydrogen-bond donors (Lipinski definition) is 2. The molecule has 8 heteroatoms. The van der Waals surface area contributed by atoms with Gasteiger partial charge in [-0.25, -0.2) is 4.98 Å². The molecule has 1 aliphatic heterocycles. The molecule has 3 aromatic heterocycles. The van der Waals surface area contributed by atoms with Gasteiger partial charge in [0.2, 0.25) is 0 Å². The molecule has 1 saturated heterocycles. The third-order valence-electron chi connectivity index (χ3n) is 3.81. The zero-order chi connectivity index (χ0) is 15.6. The Labute approximate surface area is 136 Å². The average Bonchev–Trinajstić information content (AvgIpc) is 3.30. The molecule has 1 aliphatic rings. The Morgan fingerprint density at radius 2 is 2.48 bits per heavy atom. The molecule has 0 spiro atoms. The van der Waals surface area contributed by atoms with E-state index in [0.29, 0.717) is 17.1 Å². The van der Waals surface area contributed by atoms with Crippen molar-refractivity contribution in [3.05, 3.63) is 41.7 Å². The van der Waals surface area contributed by atoms with Crippen molar-refractivity contribution in [2.75, 3.05) is 18.0 Å². The van der Waals surface area contributed by atoms with E-state index in [0.717, 1.165) is 24.6 Å². The van der Waals surface area contributed by atoms with E-state index >= 15 is 0 Å². The van der Waals surface area contributed by atoms with Gasteiger partial charge in [0.05, 0.1) is 6.26 Å². The molecule has 23 heavy (non-hydrogen) atoms. The third kappa shape index (κ3) is 2.85. The van der Waals surface area contributed by atoms with Crippen LogP contribution in [0.5, 0.6) is 0 Å². The summed E-state index contributed by atoms with van der Waals surface area (Å²) in [5.74, 6) is 0.484. The average molecular weight is 329 g/mol. The lowest BCUT2D eigenvalue weighted by atomic mass is 10.2. The Kier molecular flexibility index (Phi) is 3.58. The first-order valence-corrected chi connectivity index (χ1v) is 8.22. The van der Waals surface area contributed by atoms with Crippen molar-refractivity contribution in [1.29, 1.82) is 0 Å². The van der Waals surface area contributed by atoms with E-state index in [1.54, 1.807) is 35.9 Å². The lowest BCUT2D eigenvalue weighted by molar-refractivity contribution is 0.0935. The fraction of sp³-hybridized carbons (Fsp3) is 0.267. The molecule has 0 bridgehead atoms. The number of H-pyrrole nitrogens is 1. The molecule has 1 amide bonds. The molecule has 7 nitrogen and oxygen atoms in total. The Morgan fingerprint density at radius 1 is 1.52 bits per heavy atom. The second-order valence-electron chi connectivity index (χ2n) is 5.36. The second kappa shape index (κ2) is 5.88. The van der Waals surface area contributed by atoms with Crippen LogP contribution in [0.3, 0.4) is 0 Å². The van der Waals surface area contributed by atoms with Crippen molar-refractivity contribution in [2.45, 2.75) is 12.5 Å². The summed E-state index contributed by atoms with van der Waals surface area (Å²) >= 11 is 1.61. The summed E-state index contributed by atoms with van der Waals surface area (Å²) in [6.07, 6.45) is 4.29. The minimum absolute atomic E-state index is 0.107. The monoisotopic (exact) mass is 329 g/mol. The fourth-order valence-electron chi connectivity index (χ4n) is 2.68. The second-order valence-corrected chi connectivity index (χ2v) is 6.24. The highest BCUT2D eigenvalue weighted by molar-refractivity contribution is 7.13. The number of hydrogen-bond acceptors (Lipinski definition) is 6. The molecule has 2 N–H and O–H groups in total. The molecule has 1 atom stereocenters. The molecular formula is C15H15N5O2S. The van der Waals surface area contributed by atoms with Crippen molar-refractivity contribution in [1.82, 2.24) is 20.5 Å². The fourth-order valence-corrected chi connectivity index (χ4v) is 3.36. The normalized spacial score (nSPS) is 17.6. The van der Waals surface area contributed by atoms with Crippen molar-refractivity contribution in [3.63, 3.8) is 0 Å². The zero-order valence-electron chi connectivity index (χ0n) is 12.2. The number of aromatic amines is 1. The third-order valence-corrected chi connectivity index (χ3v) is 4.64. The summed E-state index contributed by atoms with van der Waals surface area (Å²) < 4.78 is 5.29. The molecule has 118 valence electrons. The van der Waals surface area contributed by atoms with Crippen LogP contribution in [0.1, 0.15) is 16.9 Å². The predicted molar refractivity (Wildman–Crippen MR) is 86.5 cm³/mol. The highest BCUT2D eigenvalue weighted by atomic mass is 32.1. The summed E-state index contributed by atoms with van der Waals surface area (Å²) in [6, 6.07) is 5.41. The lowest BCUT2D eigenvalue weighted by Gasteiger charge is -2.15. The Hall–Kier alpha value is -2.61. The Morgan fingerprint density at radius 3 is 3.26 bits per heavy atom. The number of nitrogens with one attached hydrogen (secondary N) is 2. The van der Waals surface area contributed by atoms with E-state index in [9.17, 15) is 4.79 Å². The summed E-state index contributed by atoms with van der Waals surface area (Å²) in [5, 5.41) is 12.9. The van der Waals surface area contributed by atoms with Crippen LogP contribution in [-0.2, 0) is 0 Å². The van der Waals surface area contributed by atoms with E-state index < -0.39 is 0 Å². The van der Waals surface area contributed by atoms with Gasteiger partial charge in [-0.1, -0.05) is 0 Å². The topological polar surface area (TPSA) is 87.0 Å². The molecular weight excluding hydrogens is 314 g/mol. The highest BCUT2D eigenvalue weighted by Gasteiger charge is 2.26. The predicted octanol–water partition coefficient (Wildman–Crippen LogP) is 2.13. The molecule has 0 aromatic carbocycles. The largest absolute Gasteiger partial charge is 0.463 e. The van der Waals surface area contributed by atoms with Crippen LogP contribution in [0.25, 0.3) is 11.5 Å². The highest BCUT2D eigenvalue weighted by Crippen LogP contribution is 2.23. The number of rotatable bonds is 4. The van der Waals surface area contributed by atoms with Crippen LogP contribution in [-0.4, -0.2) is 40.2 Å². The van der Waals surface area contributed by atoms with Gasteiger partial charge in [-0.15, -0.1) is 11.3 Å². The smallest absolute Gasteiger partial charge is 0.272 e. The first-order valence-electron chi connectivity index (χ1n) is 7.34. The minimum atomic E-state index is -0.176. The minimum Gasteiger partial charge on any atom is -0.463 e. The molecule has 3 aromatic rings. The lowest BCUT2D eigenvalue weighted by Crippen LogP contribution is -2.37. The zero-order valence-corrected chi connectivity index (χ0v) is 13.0. The van der Waals surface area contributed by atoms with Crippen LogP contribution in [0.4, 0.5) is 5.13 Å². The maximum atomic E-state index is 12.3. The maximum Gasteiger partial charge on any atom is 0.272 e. The van der Waals surface area contributed by atoms with Gasteiger partial charge in [0, 0.05) is 36.8 Å². The number of furan rings is 1. The first kappa shape index (κ1) is 14.0. The van der Waals surface area contributed by atoms with Gasteiger partial charge in [-0.05, 0) is 18.6 Å². The summed E-state index contributed by atoms with van der Waals surface area (Å²) in [5.41, 5.74) is 1.06. The van der Waals surface area contributed by atoms with Crippen LogP contribution < -0.4 is 10.2 Å². The molecule has 0 radical (unpaired) electrons. The van der Waals surface area contributed by atoms with Crippen molar-refractivity contribution in [3.8, 4) is 11.5 Å². The maximum absolute atomic E-state index is 12.3. The molecule has 1 unspecified atom stereocenters. The summed E-state index contributed by atoms with van der Waals surface area (Å²) in [6.45, 7) is 1.67. The van der Waals surface area contributed by atoms with Gasteiger partial charge in [0.1, 0.15) is 5.69 Å². The van der Waals surface area contributed by atoms with E-state index in [-0.39, 0.29) is 11.9 Å². The Bertz CT molecular complexity index is 781. The number of carbonyl (C=O) groups is 1.